The van der Waals surface area contributed by atoms with Gasteiger partial charge in [-0.1, -0.05) is 22.0 Å². The molecule has 3 aromatic rings. The Morgan fingerprint density at radius 2 is 1.92 bits per heavy atom. The van der Waals surface area contributed by atoms with Crippen molar-refractivity contribution in [2.45, 2.75) is 26.1 Å². The molecule has 2 heterocycles. The first-order valence-electron chi connectivity index (χ1n) is 8.17. The molecule has 124 valence electrons. The van der Waals surface area contributed by atoms with Crippen molar-refractivity contribution < 1.29 is 9.53 Å². The van der Waals surface area contributed by atoms with Gasteiger partial charge in [-0.15, -0.1) is 0 Å². The quantitative estimate of drug-likeness (QED) is 0.676. The number of fused-ring (bicyclic) bond motifs is 3. The zero-order chi connectivity index (χ0) is 16.8. The summed E-state index contributed by atoms with van der Waals surface area (Å²) in [5, 5.41) is 2.18. The van der Waals surface area contributed by atoms with E-state index in [1.807, 2.05) is 55.1 Å². The molecular formula is C19H19BrN2O2. The predicted octanol–water partition coefficient (Wildman–Crippen LogP) is 4.33. The number of carbonyl (C=O) groups excluding carboxylic acids is 1. The Hall–Kier alpha value is -1.85. The third-order valence-electron chi connectivity index (χ3n) is 4.53. The highest BCUT2D eigenvalue weighted by molar-refractivity contribution is 9.10. The molecule has 1 aliphatic heterocycles. The standard InChI is InChI=1S/C19H19BrN2O2/c1-11-9-22(10-12(2)24-11)19(23)13-6-7-16-14(8-13)18-15(20)4-3-5-17(18)21-16/h3-8,11-12,21H,9-10H2,1-2H3. The molecular weight excluding hydrogens is 368 g/mol. The molecule has 0 spiro atoms. The highest BCUT2D eigenvalue weighted by atomic mass is 79.9. The van der Waals surface area contributed by atoms with E-state index in [1.165, 1.54) is 0 Å². The Kier molecular flexibility index (Phi) is 3.85. The molecule has 24 heavy (non-hydrogen) atoms. The van der Waals surface area contributed by atoms with Gasteiger partial charge in [0, 0.05) is 44.9 Å². The number of halogens is 1. The van der Waals surface area contributed by atoms with Crippen molar-refractivity contribution in [2.75, 3.05) is 13.1 Å². The molecule has 2 unspecified atom stereocenters. The van der Waals surface area contributed by atoms with Crippen LogP contribution in [0.3, 0.4) is 0 Å². The van der Waals surface area contributed by atoms with E-state index in [2.05, 4.69) is 20.9 Å². The number of amides is 1. The van der Waals surface area contributed by atoms with Crippen LogP contribution in [0, 0.1) is 0 Å². The second kappa shape index (κ2) is 5.90. The molecule has 1 amide bonds. The molecule has 1 saturated heterocycles. The van der Waals surface area contributed by atoms with E-state index in [1.54, 1.807) is 0 Å². The largest absolute Gasteiger partial charge is 0.372 e. The SMILES string of the molecule is CC1CN(C(=O)c2ccc3[nH]c4cccc(Br)c4c3c2)CC(C)O1. The number of morpholine rings is 1. The van der Waals surface area contributed by atoms with E-state index in [-0.39, 0.29) is 18.1 Å². The average Bonchev–Trinajstić information content (AvgIpc) is 2.92. The lowest BCUT2D eigenvalue weighted by Gasteiger charge is -2.35. The average molecular weight is 387 g/mol. The molecule has 0 saturated carbocycles. The lowest BCUT2D eigenvalue weighted by atomic mass is 10.1. The van der Waals surface area contributed by atoms with Crippen molar-refractivity contribution in [1.82, 2.24) is 9.88 Å². The summed E-state index contributed by atoms with van der Waals surface area (Å²) in [4.78, 5) is 18.2. The van der Waals surface area contributed by atoms with Crippen LogP contribution in [0.15, 0.2) is 40.9 Å². The van der Waals surface area contributed by atoms with Crippen LogP contribution in [0.2, 0.25) is 0 Å². The summed E-state index contributed by atoms with van der Waals surface area (Å²) < 4.78 is 6.76. The maximum Gasteiger partial charge on any atom is 0.254 e. The third-order valence-corrected chi connectivity index (χ3v) is 5.19. The van der Waals surface area contributed by atoms with E-state index in [0.717, 1.165) is 31.8 Å². The summed E-state index contributed by atoms with van der Waals surface area (Å²) in [7, 11) is 0. The van der Waals surface area contributed by atoms with E-state index >= 15 is 0 Å². The van der Waals surface area contributed by atoms with Gasteiger partial charge in [0.2, 0.25) is 0 Å². The zero-order valence-electron chi connectivity index (χ0n) is 13.7. The number of benzene rings is 2. The number of hydrogen-bond donors (Lipinski definition) is 1. The Morgan fingerprint density at radius 1 is 1.17 bits per heavy atom. The van der Waals surface area contributed by atoms with Crippen LogP contribution in [0.5, 0.6) is 0 Å². The maximum atomic E-state index is 12.9. The molecule has 0 aliphatic carbocycles. The van der Waals surface area contributed by atoms with Gasteiger partial charge >= 0.3 is 0 Å². The minimum absolute atomic E-state index is 0.0697. The van der Waals surface area contributed by atoms with E-state index in [4.69, 9.17) is 4.74 Å². The summed E-state index contributed by atoms with van der Waals surface area (Å²) in [6, 6.07) is 12.0. The van der Waals surface area contributed by atoms with Crippen LogP contribution in [-0.2, 0) is 4.74 Å². The van der Waals surface area contributed by atoms with Crippen LogP contribution in [0.1, 0.15) is 24.2 Å². The van der Waals surface area contributed by atoms with Crippen LogP contribution >= 0.6 is 15.9 Å². The van der Waals surface area contributed by atoms with Gasteiger partial charge in [-0.2, -0.15) is 0 Å². The van der Waals surface area contributed by atoms with Gasteiger partial charge < -0.3 is 14.6 Å². The Labute approximate surface area is 148 Å². The lowest BCUT2D eigenvalue weighted by Crippen LogP contribution is -2.48. The Bertz CT molecular complexity index is 924. The number of hydrogen-bond acceptors (Lipinski definition) is 2. The third kappa shape index (κ3) is 2.62. The van der Waals surface area contributed by atoms with Crippen molar-refractivity contribution in [3.63, 3.8) is 0 Å². The molecule has 2 aromatic carbocycles. The number of aromatic nitrogens is 1. The van der Waals surface area contributed by atoms with E-state index < -0.39 is 0 Å². The van der Waals surface area contributed by atoms with Crippen LogP contribution < -0.4 is 0 Å². The van der Waals surface area contributed by atoms with Gasteiger partial charge in [0.15, 0.2) is 0 Å². The Morgan fingerprint density at radius 3 is 2.67 bits per heavy atom. The van der Waals surface area contributed by atoms with Crippen LogP contribution in [0.4, 0.5) is 0 Å². The second-order valence-electron chi connectivity index (χ2n) is 6.52. The minimum Gasteiger partial charge on any atom is -0.372 e. The van der Waals surface area contributed by atoms with Gasteiger partial charge in [-0.05, 0) is 44.2 Å². The van der Waals surface area contributed by atoms with Gasteiger partial charge in [-0.25, -0.2) is 0 Å². The van der Waals surface area contributed by atoms with Crippen LogP contribution in [-0.4, -0.2) is 41.1 Å². The zero-order valence-corrected chi connectivity index (χ0v) is 15.3. The smallest absolute Gasteiger partial charge is 0.254 e. The monoisotopic (exact) mass is 386 g/mol. The summed E-state index contributed by atoms with van der Waals surface area (Å²) in [6.07, 6.45) is 0.146. The molecule has 1 fully saturated rings. The fraction of sp³-hybridized carbons (Fsp3) is 0.316. The number of H-pyrrole nitrogens is 1. The number of aromatic amines is 1. The van der Waals surface area contributed by atoms with Gasteiger partial charge in [0.25, 0.3) is 5.91 Å². The molecule has 2 atom stereocenters. The van der Waals surface area contributed by atoms with Crippen molar-refractivity contribution in [3.05, 3.63) is 46.4 Å². The number of ether oxygens (including phenoxy) is 1. The highest BCUT2D eigenvalue weighted by Gasteiger charge is 2.26. The summed E-state index contributed by atoms with van der Waals surface area (Å²) >= 11 is 3.62. The molecule has 5 heteroatoms. The number of nitrogens with one attached hydrogen (secondary N) is 1. The second-order valence-corrected chi connectivity index (χ2v) is 7.37. The number of rotatable bonds is 1. The summed E-state index contributed by atoms with van der Waals surface area (Å²) in [6.45, 7) is 5.30. The minimum atomic E-state index is 0.0697. The number of nitrogens with zero attached hydrogens (tertiary/aromatic N) is 1. The Balaban J connectivity index is 1.77. The highest BCUT2D eigenvalue weighted by Crippen LogP contribution is 2.32. The lowest BCUT2D eigenvalue weighted by molar-refractivity contribution is -0.0586. The van der Waals surface area contributed by atoms with Crippen molar-refractivity contribution >= 4 is 43.6 Å². The summed E-state index contributed by atoms with van der Waals surface area (Å²) in [5.41, 5.74) is 2.83. The molecule has 1 aromatic heterocycles. The van der Waals surface area contributed by atoms with Crippen molar-refractivity contribution in [3.8, 4) is 0 Å². The first kappa shape index (κ1) is 15.7. The molecule has 4 rings (SSSR count). The molecule has 1 N–H and O–H groups in total. The first-order chi connectivity index (χ1) is 11.5. The normalized spacial score (nSPS) is 21.5. The molecule has 4 nitrogen and oxygen atoms in total. The van der Waals surface area contributed by atoms with Crippen LogP contribution in [0.25, 0.3) is 21.8 Å². The predicted molar refractivity (Wildman–Crippen MR) is 99.4 cm³/mol. The van der Waals surface area contributed by atoms with E-state index in [0.29, 0.717) is 13.1 Å². The van der Waals surface area contributed by atoms with E-state index in [9.17, 15) is 4.79 Å². The molecule has 0 bridgehead atoms. The number of carbonyl (C=O) groups is 1. The maximum absolute atomic E-state index is 12.9. The van der Waals surface area contributed by atoms with Crippen molar-refractivity contribution in [2.24, 2.45) is 0 Å². The van der Waals surface area contributed by atoms with Gasteiger partial charge in [0.1, 0.15) is 0 Å². The topological polar surface area (TPSA) is 45.3 Å². The molecule has 1 aliphatic rings. The summed E-state index contributed by atoms with van der Waals surface area (Å²) in [5.74, 6) is 0.0697. The fourth-order valence-corrected chi connectivity index (χ4v) is 4.15. The molecule has 0 radical (unpaired) electrons. The van der Waals surface area contributed by atoms with Crippen molar-refractivity contribution in [1.29, 1.82) is 0 Å². The van der Waals surface area contributed by atoms with Gasteiger partial charge in [-0.3, -0.25) is 4.79 Å². The first-order valence-corrected chi connectivity index (χ1v) is 8.97. The van der Waals surface area contributed by atoms with Gasteiger partial charge in [0.05, 0.1) is 12.2 Å². The fourth-order valence-electron chi connectivity index (χ4n) is 3.57.